The summed E-state index contributed by atoms with van der Waals surface area (Å²) in [4.78, 5) is 39.2. The topological polar surface area (TPSA) is 119 Å². The van der Waals surface area contributed by atoms with Gasteiger partial charge in [0.2, 0.25) is 5.91 Å². The molecule has 0 bridgehead atoms. The van der Waals surface area contributed by atoms with Gasteiger partial charge in [0.25, 0.3) is 15.6 Å². The lowest BCUT2D eigenvalue weighted by molar-refractivity contribution is -0.117. The number of aromatic hydroxyl groups is 1. The number of benzene rings is 3. The Hall–Kier alpha value is -3.60. The van der Waals surface area contributed by atoms with Gasteiger partial charge in [0.15, 0.2) is 0 Å². The van der Waals surface area contributed by atoms with Crippen molar-refractivity contribution < 1.29 is 18.3 Å². The van der Waals surface area contributed by atoms with Gasteiger partial charge in [-0.15, -0.1) is 3.97 Å². The molecule has 1 heterocycles. The average molecular weight is 520 g/mol. The maximum atomic E-state index is 13.6. The summed E-state index contributed by atoms with van der Waals surface area (Å²) in [6.45, 7) is 1.13. The zero-order valence-electron chi connectivity index (χ0n) is 17.3. The Morgan fingerprint density at radius 3 is 2.21 bits per heavy atom. The molecule has 0 saturated carbocycles. The predicted molar refractivity (Wildman–Crippen MR) is 128 cm³/mol. The molecule has 0 atom stereocenters. The van der Waals surface area contributed by atoms with E-state index < -0.39 is 27.2 Å². The van der Waals surface area contributed by atoms with Gasteiger partial charge in [-0.05, 0) is 54.6 Å². The number of carbonyl (C=O) groups is 1. The van der Waals surface area contributed by atoms with E-state index >= 15 is 0 Å². The van der Waals surface area contributed by atoms with Crippen LogP contribution in [0.15, 0.2) is 81.2 Å². The first kappa shape index (κ1) is 23.6. The molecular formula is C22H15Cl2N3O6S. The van der Waals surface area contributed by atoms with Gasteiger partial charge in [-0.3, -0.25) is 9.59 Å². The quantitative estimate of drug-likeness (QED) is 0.442. The number of nitrogens with zero attached hydrogens (tertiary/aromatic N) is 3. The monoisotopic (exact) mass is 519 g/mol. The Labute approximate surface area is 202 Å². The van der Waals surface area contributed by atoms with Gasteiger partial charge in [-0.2, -0.15) is 4.68 Å². The average Bonchev–Trinajstić information content (AvgIpc) is 2.76. The zero-order valence-corrected chi connectivity index (χ0v) is 19.7. The molecule has 0 spiro atoms. The molecule has 1 aromatic heterocycles. The highest BCUT2D eigenvalue weighted by Gasteiger charge is 2.29. The molecule has 9 nitrogen and oxygen atoms in total. The van der Waals surface area contributed by atoms with Crippen LogP contribution in [0.1, 0.15) is 6.92 Å². The number of hydrogen-bond acceptors (Lipinski definition) is 6. The third-order valence-electron chi connectivity index (χ3n) is 4.88. The van der Waals surface area contributed by atoms with Crippen LogP contribution in [0.3, 0.4) is 0 Å². The van der Waals surface area contributed by atoms with Crippen molar-refractivity contribution in [1.82, 2.24) is 8.65 Å². The molecule has 1 N–H and O–H groups in total. The molecule has 1 amide bonds. The summed E-state index contributed by atoms with van der Waals surface area (Å²) in [7, 11) is -4.70. The fourth-order valence-electron chi connectivity index (χ4n) is 3.43. The van der Waals surface area contributed by atoms with Gasteiger partial charge < -0.3 is 5.11 Å². The predicted octanol–water partition coefficient (Wildman–Crippen LogP) is 3.23. The SMILES string of the molecule is CC(=O)N(c1cccc(O)c1)n1c(=O)n(S(=O)(=O)c2ccc(Cl)cc2)c(=O)c2ccc(Cl)cc21. The van der Waals surface area contributed by atoms with Crippen molar-refractivity contribution in [2.75, 3.05) is 5.01 Å². The van der Waals surface area contributed by atoms with Crippen molar-refractivity contribution in [1.29, 1.82) is 0 Å². The van der Waals surface area contributed by atoms with Crippen LogP contribution in [0.2, 0.25) is 10.0 Å². The van der Waals surface area contributed by atoms with Crippen LogP contribution in [-0.4, -0.2) is 28.1 Å². The Morgan fingerprint density at radius 1 is 0.941 bits per heavy atom. The highest BCUT2D eigenvalue weighted by atomic mass is 35.5. The smallest absolute Gasteiger partial charge is 0.365 e. The van der Waals surface area contributed by atoms with Crippen molar-refractivity contribution in [3.8, 4) is 5.75 Å². The van der Waals surface area contributed by atoms with Crippen molar-refractivity contribution in [3.05, 3.63) is 97.6 Å². The van der Waals surface area contributed by atoms with Gasteiger partial charge >= 0.3 is 5.69 Å². The van der Waals surface area contributed by atoms with E-state index in [1.807, 2.05) is 0 Å². The van der Waals surface area contributed by atoms with E-state index in [2.05, 4.69) is 0 Å². The highest BCUT2D eigenvalue weighted by Crippen LogP contribution is 2.24. The minimum absolute atomic E-state index is 0.0463. The third-order valence-corrected chi connectivity index (χ3v) is 7.04. The number of rotatable bonds is 4. The molecule has 0 aliphatic heterocycles. The van der Waals surface area contributed by atoms with Crippen molar-refractivity contribution in [2.45, 2.75) is 11.8 Å². The number of hydrogen-bond donors (Lipinski definition) is 1. The lowest BCUT2D eigenvalue weighted by Crippen LogP contribution is -2.51. The summed E-state index contributed by atoms with van der Waals surface area (Å²) in [5.41, 5.74) is -2.52. The number of phenolic OH excluding ortho intramolecular Hbond substituents is 1. The van der Waals surface area contributed by atoms with Crippen molar-refractivity contribution in [2.24, 2.45) is 0 Å². The van der Waals surface area contributed by atoms with E-state index in [-0.39, 0.29) is 41.3 Å². The van der Waals surface area contributed by atoms with E-state index in [0.717, 1.165) is 28.7 Å². The van der Waals surface area contributed by atoms with E-state index in [0.29, 0.717) is 0 Å². The van der Waals surface area contributed by atoms with Crippen LogP contribution in [0.4, 0.5) is 5.69 Å². The molecule has 3 aromatic carbocycles. The van der Waals surface area contributed by atoms with E-state index in [1.54, 1.807) is 0 Å². The van der Waals surface area contributed by atoms with Crippen LogP contribution in [0, 0.1) is 0 Å². The molecule has 0 unspecified atom stereocenters. The number of phenols is 1. The lowest BCUT2D eigenvalue weighted by atomic mass is 10.2. The number of aromatic nitrogens is 2. The normalized spacial score (nSPS) is 11.5. The van der Waals surface area contributed by atoms with Gasteiger partial charge in [0, 0.05) is 23.0 Å². The van der Waals surface area contributed by atoms with E-state index in [4.69, 9.17) is 23.2 Å². The summed E-state index contributed by atoms with van der Waals surface area (Å²) in [6.07, 6.45) is 0. The second-order valence-corrected chi connectivity index (χ2v) is 9.79. The number of amides is 1. The van der Waals surface area contributed by atoms with Crippen LogP contribution in [0.5, 0.6) is 5.75 Å². The molecule has 0 aliphatic carbocycles. The maximum Gasteiger partial charge on any atom is 0.365 e. The number of fused-ring (bicyclic) bond motifs is 1. The summed E-state index contributed by atoms with van der Waals surface area (Å²) in [5.74, 6) is -0.913. The van der Waals surface area contributed by atoms with Crippen molar-refractivity contribution in [3.63, 3.8) is 0 Å². The Morgan fingerprint density at radius 2 is 1.59 bits per heavy atom. The summed E-state index contributed by atoms with van der Waals surface area (Å²) >= 11 is 11.9. The fraction of sp³-hybridized carbons (Fsp3) is 0.0455. The lowest BCUT2D eigenvalue weighted by Gasteiger charge is -2.25. The standard InChI is InChI=1S/C22H15Cl2N3O6S/c1-13(28)25(16-3-2-4-17(29)12-16)26-20-11-15(24)7-10-19(20)21(30)27(22(26)31)34(32,33)18-8-5-14(23)6-9-18/h2-12,29H,1H3. The fourth-order valence-corrected chi connectivity index (χ4v) is 5.01. The molecule has 0 saturated heterocycles. The molecule has 4 aromatic rings. The summed E-state index contributed by atoms with van der Waals surface area (Å²) in [6, 6.07) is 14.2. The second kappa shape index (κ2) is 8.64. The van der Waals surface area contributed by atoms with Crippen LogP contribution in [0.25, 0.3) is 10.9 Å². The van der Waals surface area contributed by atoms with Crippen LogP contribution < -0.4 is 16.3 Å². The van der Waals surface area contributed by atoms with Gasteiger partial charge in [-0.1, -0.05) is 29.3 Å². The first-order valence-corrected chi connectivity index (χ1v) is 11.8. The molecule has 34 heavy (non-hydrogen) atoms. The Bertz CT molecular complexity index is 1680. The third kappa shape index (κ3) is 3.96. The molecule has 4 rings (SSSR count). The zero-order chi connectivity index (χ0) is 24.8. The van der Waals surface area contributed by atoms with Crippen molar-refractivity contribution >= 4 is 55.7 Å². The van der Waals surface area contributed by atoms with E-state index in [9.17, 15) is 27.9 Å². The molecule has 0 aliphatic rings. The maximum absolute atomic E-state index is 13.6. The van der Waals surface area contributed by atoms with Gasteiger partial charge in [0.1, 0.15) is 5.75 Å². The Kier molecular flexibility index (Phi) is 5.98. The molecule has 12 heteroatoms. The van der Waals surface area contributed by atoms with E-state index in [1.165, 1.54) is 54.6 Å². The molecule has 0 fully saturated rings. The van der Waals surface area contributed by atoms with Crippen LogP contribution >= 0.6 is 23.2 Å². The van der Waals surface area contributed by atoms with Gasteiger partial charge in [0.05, 0.1) is 21.5 Å². The first-order valence-electron chi connectivity index (χ1n) is 9.61. The number of anilines is 1. The van der Waals surface area contributed by atoms with Crippen LogP contribution in [-0.2, 0) is 14.8 Å². The second-order valence-electron chi connectivity index (χ2n) is 7.14. The number of halogens is 2. The molecular weight excluding hydrogens is 505 g/mol. The highest BCUT2D eigenvalue weighted by molar-refractivity contribution is 7.90. The first-order chi connectivity index (χ1) is 16.0. The molecule has 174 valence electrons. The largest absolute Gasteiger partial charge is 0.508 e. The summed E-state index contributed by atoms with van der Waals surface area (Å²) < 4.78 is 27.5. The Balaban J connectivity index is 2.17. The minimum Gasteiger partial charge on any atom is -0.508 e. The molecule has 0 radical (unpaired) electrons. The van der Waals surface area contributed by atoms with Gasteiger partial charge in [-0.25, -0.2) is 18.2 Å². The minimum atomic E-state index is -4.70. The summed E-state index contributed by atoms with van der Waals surface area (Å²) in [5, 5.41) is 11.0. The number of carbonyl (C=O) groups excluding carboxylic acids is 1.